The van der Waals surface area contributed by atoms with E-state index < -0.39 is 11.9 Å². The molecule has 0 atom stereocenters. The summed E-state index contributed by atoms with van der Waals surface area (Å²) in [5.41, 5.74) is 0. The molecule has 0 bridgehead atoms. The molecule has 0 amide bonds. The summed E-state index contributed by atoms with van der Waals surface area (Å²) in [6.45, 7) is 3.29. The van der Waals surface area contributed by atoms with Gasteiger partial charge in [-0.25, -0.2) is 0 Å². The Morgan fingerprint density at radius 2 is 1.50 bits per heavy atom. The summed E-state index contributed by atoms with van der Waals surface area (Å²) >= 11 is 0. The summed E-state index contributed by atoms with van der Waals surface area (Å²) in [4.78, 5) is 20.7. The van der Waals surface area contributed by atoms with Gasteiger partial charge in [-0.05, 0) is 0 Å². The fourth-order valence-corrected chi connectivity index (χ4v) is 0.271. The summed E-state index contributed by atoms with van der Waals surface area (Å²) in [5, 5.41) is 0. The van der Waals surface area contributed by atoms with Crippen molar-refractivity contribution in [2.24, 2.45) is 0 Å². The Morgan fingerprint density at radius 3 is 1.70 bits per heavy atom. The van der Waals surface area contributed by atoms with E-state index in [2.05, 4.69) is 4.74 Å². The van der Waals surface area contributed by atoms with Crippen molar-refractivity contribution in [3.05, 3.63) is 0 Å². The molecule has 54 valence electrons. The maximum Gasteiger partial charge on any atom is 1.00 e. The molecule has 0 saturated heterocycles. The van der Waals surface area contributed by atoms with Gasteiger partial charge in [-0.3, -0.25) is 9.59 Å². The number of carbonyl (C=O) groups is 2. The van der Waals surface area contributed by atoms with Crippen LogP contribution in [0, 0.1) is 0 Å². The molecule has 0 fully saturated rings. The number of ether oxygens (including phenoxy) is 1. The van der Waals surface area contributed by atoms with E-state index in [1.54, 1.807) is 13.8 Å². The van der Waals surface area contributed by atoms with Gasteiger partial charge in [0.2, 0.25) is 0 Å². The number of hydrogen-bond acceptors (Lipinski definition) is 3. The Labute approximate surface area is 121 Å². The zero-order valence-corrected chi connectivity index (χ0v) is 12.9. The van der Waals surface area contributed by atoms with E-state index in [0.717, 1.165) is 0 Å². The molecule has 0 radical (unpaired) electrons. The average Bonchev–Trinajstić information content (AvgIpc) is 1.87. The van der Waals surface area contributed by atoms with Crippen molar-refractivity contribution in [3.8, 4) is 0 Å². The minimum atomic E-state index is -0.457. The van der Waals surface area contributed by atoms with Gasteiger partial charge in [-0.15, -0.1) is 0 Å². The van der Waals surface area contributed by atoms with Gasteiger partial charge in [0, 0.05) is 12.8 Å². The van der Waals surface area contributed by atoms with Crippen LogP contribution >= 0.6 is 0 Å². The monoisotopic (exact) mass is 264 g/mol. The van der Waals surface area contributed by atoms with Crippen LogP contribution in [0.1, 0.15) is 28.1 Å². The molecule has 0 aromatic heterocycles. The first kappa shape index (κ1) is 13.8. The Kier molecular flexibility index (Phi) is 11.4. The third-order valence-corrected chi connectivity index (χ3v) is 0.805. The third kappa shape index (κ3) is 7.30. The van der Waals surface area contributed by atoms with Crippen molar-refractivity contribution in [1.82, 2.24) is 0 Å². The van der Waals surface area contributed by atoms with Gasteiger partial charge in [0.25, 0.3) is 0 Å². The Bertz CT molecular complexity index is 113. The first-order chi connectivity index (χ1) is 4.20. The van der Waals surface area contributed by atoms with Crippen LogP contribution in [-0.4, -0.2) is 11.9 Å². The van der Waals surface area contributed by atoms with Crippen LogP contribution in [0.5, 0.6) is 0 Å². The zero-order chi connectivity index (χ0) is 7.28. The van der Waals surface area contributed by atoms with Gasteiger partial charge in [-0.1, -0.05) is 13.8 Å². The maximum atomic E-state index is 10.3. The maximum absolute atomic E-state index is 10.3. The number of carbonyl (C=O) groups excluding carboxylic acids is 2. The van der Waals surface area contributed by atoms with Crippen LogP contribution in [0.2, 0.25) is 0 Å². The molecule has 0 spiro atoms. The molecule has 0 rings (SSSR count). The van der Waals surface area contributed by atoms with Gasteiger partial charge in [0.15, 0.2) is 0 Å². The summed E-state index contributed by atoms with van der Waals surface area (Å²) in [6, 6.07) is 0. The van der Waals surface area contributed by atoms with Crippen LogP contribution in [0.4, 0.5) is 0 Å². The molecular weight excluding hydrogens is 253 g/mol. The number of hydrogen-bond donors (Lipinski definition) is 0. The largest absolute Gasteiger partial charge is 1.00 e. The SMILES string of the molecule is CCC(=O)OC(=O)CC.[Cs+].[H-]. The summed E-state index contributed by atoms with van der Waals surface area (Å²) in [5.74, 6) is -0.913. The van der Waals surface area contributed by atoms with E-state index in [1.807, 2.05) is 0 Å². The molecule has 10 heavy (non-hydrogen) atoms. The summed E-state index contributed by atoms with van der Waals surface area (Å²) < 4.78 is 4.27. The molecule has 0 aromatic rings. The normalized spacial score (nSPS) is 7.80. The zero-order valence-electron chi connectivity index (χ0n) is 7.64. The van der Waals surface area contributed by atoms with Gasteiger partial charge in [-0.2, -0.15) is 0 Å². The van der Waals surface area contributed by atoms with Gasteiger partial charge in [0.05, 0.1) is 0 Å². The average molecular weight is 264 g/mol. The van der Waals surface area contributed by atoms with Crippen molar-refractivity contribution in [2.45, 2.75) is 26.7 Å². The van der Waals surface area contributed by atoms with Crippen LogP contribution in [0.3, 0.4) is 0 Å². The van der Waals surface area contributed by atoms with Crippen molar-refractivity contribution in [3.63, 3.8) is 0 Å². The predicted octanol–water partition coefficient (Wildman–Crippen LogP) is -2.01. The Morgan fingerprint density at radius 1 is 1.20 bits per heavy atom. The van der Waals surface area contributed by atoms with Crippen molar-refractivity contribution in [1.29, 1.82) is 0 Å². The predicted molar refractivity (Wildman–Crippen MR) is 32.8 cm³/mol. The van der Waals surface area contributed by atoms with Crippen LogP contribution < -0.4 is 68.9 Å². The van der Waals surface area contributed by atoms with E-state index in [0.29, 0.717) is 0 Å². The quantitative estimate of drug-likeness (QED) is 0.428. The first-order valence-electron chi connectivity index (χ1n) is 2.94. The Hall–Kier alpha value is 1.19. The summed E-state index contributed by atoms with van der Waals surface area (Å²) in [6.07, 6.45) is 0.511. The standard InChI is InChI=1S/C6H10O3.Cs.H/c1-3-5(7)9-6(8)4-2;;/h3-4H2,1-2H3;;/q;+1;-1. The van der Waals surface area contributed by atoms with Gasteiger partial charge < -0.3 is 6.16 Å². The summed E-state index contributed by atoms with van der Waals surface area (Å²) in [7, 11) is 0. The van der Waals surface area contributed by atoms with E-state index >= 15 is 0 Å². The van der Waals surface area contributed by atoms with Crippen LogP contribution in [0.15, 0.2) is 0 Å². The van der Waals surface area contributed by atoms with E-state index in [-0.39, 0.29) is 83.2 Å². The van der Waals surface area contributed by atoms with Crippen LogP contribution in [0.25, 0.3) is 0 Å². The van der Waals surface area contributed by atoms with Crippen LogP contribution in [-0.2, 0) is 14.3 Å². The van der Waals surface area contributed by atoms with Gasteiger partial charge in [0.1, 0.15) is 0 Å². The second-order valence-electron chi connectivity index (χ2n) is 1.55. The minimum Gasteiger partial charge on any atom is -1.00 e. The molecule has 3 nitrogen and oxygen atoms in total. The molecule has 0 aliphatic carbocycles. The smallest absolute Gasteiger partial charge is 1.00 e. The van der Waals surface area contributed by atoms with E-state index in [9.17, 15) is 9.59 Å². The Balaban J connectivity index is -0.000000320. The molecule has 0 aliphatic heterocycles. The third-order valence-electron chi connectivity index (χ3n) is 0.805. The first-order valence-corrected chi connectivity index (χ1v) is 2.94. The van der Waals surface area contributed by atoms with E-state index in [1.165, 1.54) is 0 Å². The van der Waals surface area contributed by atoms with Crippen molar-refractivity contribution in [2.75, 3.05) is 0 Å². The molecule has 0 N–H and O–H groups in total. The fourth-order valence-electron chi connectivity index (χ4n) is 0.271. The molecule has 0 aromatic carbocycles. The number of rotatable bonds is 2. The van der Waals surface area contributed by atoms with Crippen molar-refractivity contribution < 1.29 is 84.6 Å². The second-order valence-corrected chi connectivity index (χ2v) is 1.55. The molecule has 0 unspecified atom stereocenters. The molecule has 4 heteroatoms. The minimum absolute atomic E-state index is 0. The fraction of sp³-hybridized carbons (Fsp3) is 0.667. The molecule has 0 heterocycles. The van der Waals surface area contributed by atoms with Gasteiger partial charge >= 0.3 is 80.8 Å². The van der Waals surface area contributed by atoms with Crippen molar-refractivity contribution >= 4 is 11.9 Å². The number of esters is 2. The van der Waals surface area contributed by atoms with E-state index in [4.69, 9.17) is 0 Å². The topological polar surface area (TPSA) is 43.4 Å². The second kappa shape index (κ2) is 8.29. The molecular formula is C6H11CsO3. The molecule has 0 aliphatic rings. The molecule has 0 saturated carbocycles.